The third-order valence-electron chi connectivity index (χ3n) is 1.71. The Balaban J connectivity index is 4.68. The summed E-state index contributed by atoms with van der Waals surface area (Å²) in [5.41, 5.74) is 7.44. The molecule has 2 nitrogen and oxygen atoms in total. The van der Waals surface area contributed by atoms with Gasteiger partial charge in [-0.1, -0.05) is 24.8 Å². The summed E-state index contributed by atoms with van der Waals surface area (Å²) in [5.74, 6) is -0.0995. The lowest BCUT2D eigenvalue weighted by Gasteiger charge is -2.01. The van der Waals surface area contributed by atoms with Crippen LogP contribution in [0, 0.1) is 0 Å². The van der Waals surface area contributed by atoms with Crippen LogP contribution in [0.5, 0.6) is 0 Å². The second-order valence-corrected chi connectivity index (χ2v) is 3.07. The molecular formula is C12H17NO. The van der Waals surface area contributed by atoms with Crippen molar-refractivity contribution in [3.63, 3.8) is 0 Å². The second kappa shape index (κ2) is 5.97. The van der Waals surface area contributed by atoms with E-state index in [2.05, 4.69) is 6.58 Å². The molecule has 0 aromatic rings. The first-order valence-corrected chi connectivity index (χ1v) is 4.46. The van der Waals surface area contributed by atoms with Gasteiger partial charge in [0.1, 0.15) is 0 Å². The predicted octanol–water partition coefficient (Wildman–Crippen LogP) is 2.50. The quantitative estimate of drug-likeness (QED) is 0.548. The average molecular weight is 191 g/mol. The molecule has 0 radical (unpaired) electrons. The largest absolute Gasteiger partial charge is 0.398 e. The van der Waals surface area contributed by atoms with Gasteiger partial charge in [0.15, 0.2) is 5.78 Å². The first kappa shape index (κ1) is 12.4. The summed E-state index contributed by atoms with van der Waals surface area (Å²) in [6.45, 7) is 8.90. The topological polar surface area (TPSA) is 43.1 Å². The molecule has 0 saturated carbocycles. The number of carbonyl (C=O) groups is 1. The number of carbonyl (C=O) groups excluding carboxylic acids is 1. The van der Waals surface area contributed by atoms with E-state index in [0.29, 0.717) is 11.3 Å². The highest BCUT2D eigenvalue weighted by Crippen LogP contribution is 2.06. The van der Waals surface area contributed by atoms with Crippen molar-refractivity contribution in [2.24, 2.45) is 5.73 Å². The lowest BCUT2D eigenvalue weighted by atomic mass is 10.1. The molecule has 0 atom stereocenters. The molecule has 0 spiro atoms. The Bertz CT molecular complexity index is 319. The molecule has 0 aromatic carbocycles. The van der Waals surface area contributed by atoms with Crippen LogP contribution in [-0.2, 0) is 4.79 Å². The highest BCUT2D eigenvalue weighted by Gasteiger charge is 2.02. The molecule has 2 heteroatoms. The van der Waals surface area contributed by atoms with Gasteiger partial charge < -0.3 is 5.73 Å². The van der Waals surface area contributed by atoms with E-state index in [0.717, 1.165) is 5.57 Å². The first-order valence-electron chi connectivity index (χ1n) is 4.46. The molecule has 0 unspecified atom stereocenters. The van der Waals surface area contributed by atoms with Gasteiger partial charge in [-0.15, -0.1) is 0 Å². The molecule has 0 aliphatic carbocycles. The Hall–Kier alpha value is -1.57. The molecule has 0 bridgehead atoms. The molecular weight excluding hydrogens is 174 g/mol. The minimum atomic E-state index is -0.0995. The van der Waals surface area contributed by atoms with Gasteiger partial charge in [-0.3, -0.25) is 4.79 Å². The smallest absolute Gasteiger partial charge is 0.161 e. The number of hydrogen-bond acceptors (Lipinski definition) is 2. The van der Waals surface area contributed by atoms with Crippen LogP contribution in [-0.4, -0.2) is 5.78 Å². The maximum atomic E-state index is 10.9. The van der Waals surface area contributed by atoms with E-state index in [1.807, 2.05) is 32.1 Å². The van der Waals surface area contributed by atoms with Crippen LogP contribution < -0.4 is 5.73 Å². The van der Waals surface area contributed by atoms with Gasteiger partial charge in [-0.2, -0.15) is 0 Å². The molecule has 0 aromatic heterocycles. The van der Waals surface area contributed by atoms with Crippen molar-refractivity contribution < 1.29 is 4.79 Å². The maximum absolute atomic E-state index is 10.9. The van der Waals surface area contributed by atoms with E-state index in [9.17, 15) is 4.79 Å². The molecule has 0 fully saturated rings. The number of allylic oxidation sites excluding steroid dienone is 6. The van der Waals surface area contributed by atoms with Crippen LogP contribution in [0.4, 0.5) is 0 Å². The fraction of sp³-hybridized carbons (Fsp3) is 0.250. The summed E-state index contributed by atoms with van der Waals surface area (Å²) in [7, 11) is 0. The summed E-state index contributed by atoms with van der Waals surface area (Å²) in [4.78, 5) is 10.9. The number of hydrogen-bond donors (Lipinski definition) is 1. The van der Waals surface area contributed by atoms with E-state index in [-0.39, 0.29) is 5.78 Å². The molecule has 76 valence electrons. The molecule has 0 saturated heterocycles. The van der Waals surface area contributed by atoms with Crippen LogP contribution in [0.2, 0.25) is 0 Å². The van der Waals surface area contributed by atoms with Crippen molar-refractivity contribution in [2.75, 3.05) is 0 Å². The van der Waals surface area contributed by atoms with Gasteiger partial charge in [0.05, 0.1) is 0 Å². The molecule has 0 aliphatic heterocycles. The van der Waals surface area contributed by atoms with Crippen LogP contribution in [0.15, 0.2) is 47.7 Å². The van der Waals surface area contributed by atoms with E-state index in [1.165, 1.54) is 6.92 Å². The summed E-state index contributed by atoms with van der Waals surface area (Å²) in [6, 6.07) is 0. The third kappa shape index (κ3) is 4.45. The zero-order valence-electron chi connectivity index (χ0n) is 9.00. The van der Waals surface area contributed by atoms with Gasteiger partial charge in [-0.05, 0) is 32.4 Å². The standard InChI is InChI=1S/C12H17NO/c1-5-6-7-9(2)8-12(13)10(3)11(4)14/h5-8H,3,13H2,1-2,4H3/b6-5+,9-7+,12-8+. The van der Waals surface area contributed by atoms with Crippen LogP contribution in [0.25, 0.3) is 0 Å². The highest BCUT2D eigenvalue weighted by atomic mass is 16.1. The number of ketones is 1. The van der Waals surface area contributed by atoms with Crippen LogP contribution in [0.3, 0.4) is 0 Å². The van der Waals surface area contributed by atoms with Crippen molar-refractivity contribution in [1.82, 2.24) is 0 Å². The normalized spacial score (nSPS) is 13.4. The number of Topliss-reactive ketones (excluding diaryl/α,β-unsaturated/α-hetero) is 1. The highest BCUT2D eigenvalue weighted by molar-refractivity contribution is 5.96. The van der Waals surface area contributed by atoms with Gasteiger partial charge in [0, 0.05) is 11.3 Å². The van der Waals surface area contributed by atoms with Crippen molar-refractivity contribution in [3.8, 4) is 0 Å². The van der Waals surface area contributed by atoms with Gasteiger partial charge in [-0.25, -0.2) is 0 Å². The van der Waals surface area contributed by atoms with E-state index in [1.54, 1.807) is 6.08 Å². The molecule has 2 N–H and O–H groups in total. The van der Waals surface area contributed by atoms with Gasteiger partial charge >= 0.3 is 0 Å². The van der Waals surface area contributed by atoms with Crippen molar-refractivity contribution in [1.29, 1.82) is 0 Å². The molecule has 14 heavy (non-hydrogen) atoms. The monoisotopic (exact) mass is 191 g/mol. The van der Waals surface area contributed by atoms with Crippen LogP contribution >= 0.6 is 0 Å². The predicted molar refractivity (Wildman–Crippen MR) is 60.7 cm³/mol. The number of rotatable bonds is 4. The Morgan fingerprint density at radius 1 is 1.36 bits per heavy atom. The Morgan fingerprint density at radius 2 is 1.93 bits per heavy atom. The molecule has 0 amide bonds. The summed E-state index contributed by atoms with van der Waals surface area (Å²) in [6.07, 6.45) is 7.49. The van der Waals surface area contributed by atoms with Crippen LogP contribution in [0.1, 0.15) is 20.8 Å². The van der Waals surface area contributed by atoms with Crippen molar-refractivity contribution >= 4 is 5.78 Å². The average Bonchev–Trinajstić information content (AvgIpc) is 2.13. The minimum Gasteiger partial charge on any atom is -0.398 e. The van der Waals surface area contributed by atoms with E-state index < -0.39 is 0 Å². The van der Waals surface area contributed by atoms with E-state index >= 15 is 0 Å². The number of nitrogens with two attached hydrogens (primary N) is 1. The Morgan fingerprint density at radius 3 is 2.36 bits per heavy atom. The summed E-state index contributed by atoms with van der Waals surface area (Å²) in [5, 5.41) is 0. The van der Waals surface area contributed by atoms with E-state index in [4.69, 9.17) is 5.73 Å². The lowest BCUT2D eigenvalue weighted by Crippen LogP contribution is -2.06. The Labute approximate surface area is 85.5 Å². The minimum absolute atomic E-state index is 0.0995. The molecule has 0 aliphatic rings. The second-order valence-electron chi connectivity index (χ2n) is 3.07. The molecule has 0 heterocycles. The van der Waals surface area contributed by atoms with Gasteiger partial charge in [0.2, 0.25) is 0 Å². The lowest BCUT2D eigenvalue weighted by molar-refractivity contribution is -0.113. The third-order valence-corrected chi connectivity index (χ3v) is 1.71. The maximum Gasteiger partial charge on any atom is 0.161 e. The molecule has 0 rings (SSSR count). The van der Waals surface area contributed by atoms with Crippen molar-refractivity contribution in [2.45, 2.75) is 20.8 Å². The Kier molecular flexibility index (Phi) is 5.30. The summed E-state index contributed by atoms with van der Waals surface area (Å²) >= 11 is 0. The SMILES string of the molecule is C=C(C(C)=O)\C(N)=C/C(C)=C/C=C/C. The zero-order chi connectivity index (χ0) is 11.1. The first-order chi connectivity index (χ1) is 6.49. The fourth-order valence-corrected chi connectivity index (χ4v) is 0.832. The fourth-order valence-electron chi connectivity index (χ4n) is 0.832. The van der Waals surface area contributed by atoms with Crippen molar-refractivity contribution in [3.05, 3.63) is 47.7 Å². The summed E-state index contributed by atoms with van der Waals surface area (Å²) < 4.78 is 0. The van der Waals surface area contributed by atoms with Gasteiger partial charge in [0.25, 0.3) is 0 Å². The zero-order valence-corrected chi connectivity index (χ0v) is 9.00.